The van der Waals surface area contributed by atoms with Gasteiger partial charge in [0.25, 0.3) is 8.32 Å². The minimum Gasteiger partial charge on any atom is -0.538 e. The first-order valence-corrected chi connectivity index (χ1v) is 15.2. The van der Waals surface area contributed by atoms with Gasteiger partial charge in [0.15, 0.2) is 0 Å². The second kappa shape index (κ2) is 12.4. The summed E-state index contributed by atoms with van der Waals surface area (Å²) in [6.07, 6.45) is 3.20. The second-order valence-electron chi connectivity index (χ2n) is 10.7. The molecule has 0 aliphatic heterocycles. The van der Waals surface area contributed by atoms with Gasteiger partial charge in [-0.15, -0.1) is 0 Å². The third-order valence-electron chi connectivity index (χ3n) is 7.36. The summed E-state index contributed by atoms with van der Waals surface area (Å²) in [7, 11) is -2.57. The number of nitrogens with zero attached hydrogens (tertiary/aromatic N) is 1. The molecule has 0 saturated carbocycles. The summed E-state index contributed by atoms with van der Waals surface area (Å²) < 4.78 is 12.0. The van der Waals surface area contributed by atoms with Crippen LogP contribution in [0.4, 0.5) is 0 Å². The van der Waals surface area contributed by atoms with Crippen LogP contribution < -0.4 is 9.61 Å². The molecule has 0 aromatic heterocycles. The molecule has 0 aliphatic rings. The van der Waals surface area contributed by atoms with Gasteiger partial charge in [0.2, 0.25) is 0 Å². The Kier molecular flexibility index (Phi) is 10.1. The smallest absolute Gasteiger partial charge is 0.330 e. The number of esters is 1. The molecular weight excluding hydrogens is 462 g/mol. The fraction of sp³-hybridized carbons (Fsp3) is 0.484. The highest BCUT2D eigenvalue weighted by Crippen LogP contribution is 2.40. The van der Waals surface area contributed by atoms with Gasteiger partial charge in [-0.1, -0.05) is 91.8 Å². The lowest BCUT2D eigenvalue weighted by molar-refractivity contribution is -0.137. The van der Waals surface area contributed by atoms with Crippen LogP contribution in [0.1, 0.15) is 73.4 Å². The summed E-state index contributed by atoms with van der Waals surface area (Å²) in [5.41, 5.74) is 1.97. The molecule has 2 aromatic rings. The molecule has 0 N–H and O–H groups in total. The van der Waals surface area contributed by atoms with E-state index < -0.39 is 13.7 Å². The van der Waals surface area contributed by atoms with Gasteiger partial charge >= 0.3 is 5.97 Å². The zero-order valence-corrected chi connectivity index (χ0v) is 24.5. The predicted molar refractivity (Wildman–Crippen MR) is 152 cm³/mol. The van der Waals surface area contributed by atoms with Crippen molar-refractivity contribution < 1.29 is 14.0 Å². The molecule has 0 fully saturated rings. The Morgan fingerprint density at radius 1 is 0.972 bits per heavy atom. The summed E-state index contributed by atoms with van der Waals surface area (Å²) in [5.74, 6) is 0.788. The molecule has 0 atom stereocenters. The quantitative estimate of drug-likeness (QED) is 0.181. The Bertz CT molecular complexity index is 1080. The molecule has 0 amide bonds. The molecule has 4 nitrogen and oxygen atoms in total. The number of hydrogen-bond acceptors (Lipinski definition) is 4. The molecule has 5 heteroatoms. The van der Waals surface area contributed by atoms with Gasteiger partial charge in [-0.25, -0.2) is 4.79 Å². The normalized spacial score (nSPS) is 12.6. The van der Waals surface area contributed by atoms with E-state index in [1.807, 2.05) is 24.3 Å². The summed E-state index contributed by atoms with van der Waals surface area (Å²) in [6, 6.07) is 19.2. The van der Waals surface area contributed by atoms with Crippen LogP contribution in [0.3, 0.4) is 0 Å². The minimum atomic E-state index is -2.57. The van der Waals surface area contributed by atoms with E-state index in [0.717, 1.165) is 16.9 Å². The number of carbonyl (C=O) groups is 1. The minimum absolute atomic E-state index is 0.177. The van der Waals surface area contributed by atoms with Crippen molar-refractivity contribution in [2.45, 2.75) is 78.8 Å². The van der Waals surface area contributed by atoms with Gasteiger partial charge in [0.05, 0.1) is 18.1 Å². The van der Waals surface area contributed by atoms with Crippen molar-refractivity contribution in [2.75, 3.05) is 6.61 Å². The van der Waals surface area contributed by atoms with E-state index >= 15 is 0 Å². The third kappa shape index (κ3) is 5.92. The molecule has 0 spiro atoms. The average molecular weight is 506 g/mol. The lowest BCUT2D eigenvalue weighted by Crippen LogP contribution is -2.59. The van der Waals surface area contributed by atoms with Crippen molar-refractivity contribution in [2.24, 2.45) is 11.8 Å². The Morgan fingerprint density at radius 2 is 1.58 bits per heavy atom. The van der Waals surface area contributed by atoms with Crippen molar-refractivity contribution in [1.82, 2.24) is 0 Å². The summed E-state index contributed by atoms with van der Waals surface area (Å²) >= 11 is 0. The number of hydrogen-bond donors (Lipinski definition) is 0. The van der Waals surface area contributed by atoms with E-state index in [-0.39, 0.29) is 17.8 Å². The van der Waals surface area contributed by atoms with Crippen molar-refractivity contribution >= 4 is 25.5 Å². The monoisotopic (exact) mass is 505 g/mol. The molecule has 0 aliphatic carbocycles. The van der Waals surface area contributed by atoms with Crippen LogP contribution in [0.15, 0.2) is 54.6 Å². The van der Waals surface area contributed by atoms with Crippen LogP contribution in [-0.2, 0) is 14.9 Å². The Hall–Kier alpha value is -2.84. The number of rotatable bonds is 11. The molecule has 194 valence electrons. The average Bonchev–Trinajstić information content (AvgIpc) is 2.82. The van der Waals surface area contributed by atoms with Crippen molar-refractivity contribution in [3.63, 3.8) is 0 Å². The SMILES string of the molecule is CCOC(=O)/C=C\c1cccc(O[Si](c2cccc(C(C#N)(C(C)C)C(C)C)c2)(C(C)C)C(C)C)c1. The van der Waals surface area contributed by atoms with Gasteiger partial charge in [0.1, 0.15) is 5.75 Å². The van der Waals surface area contributed by atoms with Gasteiger partial charge < -0.3 is 9.16 Å². The van der Waals surface area contributed by atoms with E-state index in [0.29, 0.717) is 17.7 Å². The Balaban J connectivity index is 2.61. The lowest BCUT2D eigenvalue weighted by atomic mass is 9.65. The van der Waals surface area contributed by atoms with Crippen LogP contribution in [0.25, 0.3) is 6.08 Å². The molecule has 2 aromatic carbocycles. The van der Waals surface area contributed by atoms with E-state index in [4.69, 9.17) is 9.16 Å². The van der Waals surface area contributed by atoms with E-state index in [2.05, 4.69) is 85.7 Å². The highest BCUT2D eigenvalue weighted by Gasteiger charge is 2.47. The first kappa shape index (κ1) is 29.4. The molecular formula is C31H43NO3Si. The summed E-state index contributed by atoms with van der Waals surface area (Å²) in [6.45, 7) is 19.7. The fourth-order valence-electron chi connectivity index (χ4n) is 5.53. The number of benzene rings is 2. The second-order valence-corrected chi connectivity index (χ2v) is 15.4. The van der Waals surface area contributed by atoms with E-state index in [9.17, 15) is 10.1 Å². The molecule has 0 bridgehead atoms. The van der Waals surface area contributed by atoms with Crippen molar-refractivity contribution in [3.8, 4) is 11.8 Å². The topological polar surface area (TPSA) is 59.3 Å². The largest absolute Gasteiger partial charge is 0.538 e. The van der Waals surface area contributed by atoms with Crippen LogP contribution >= 0.6 is 0 Å². The van der Waals surface area contributed by atoms with Gasteiger partial charge in [0, 0.05) is 6.08 Å². The molecule has 2 rings (SSSR count). The summed E-state index contributed by atoms with van der Waals surface area (Å²) in [4.78, 5) is 11.8. The first-order valence-electron chi connectivity index (χ1n) is 13.1. The van der Waals surface area contributed by atoms with E-state index in [1.165, 1.54) is 11.3 Å². The summed E-state index contributed by atoms with van der Waals surface area (Å²) in [5, 5.41) is 11.6. The maximum absolute atomic E-state index is 11.8. The van der Waals surface area contributed by atoms with Gasteiger partial charge in [-0.3, -0.25) is 0 Å². The maximum atomic E-state index is 11.8. The standard InChI is InChI=1S/C31H43NO3Si/c1-10-34-30(33)18-17-26-13-11-15-28(19-26)35-36(24(6)7,25(8)9)29-16-12-14-27(20-29)31(21-32,22(2)3)23(4)5/h11-20,22-25H,10H2,1-9H3/b18-17-. The Labute approximate surface area is 219 Å². The molecule has 0 saturated heterocycles. The first-order chi connectivity index (χ1) is 16.9. The highest BCUT2D eigenvalue weighted by atomic mass is 28.4. The lowest BCUT2D eigenvalue weighted by Gasteiger charge is -2.41. The highest BCUT2D eigenvalue weighted by molar-refractivity contribution is 6.89. The van der Waals surface area contributed by atoms with Crippen LogP contribution in [0.5, 0.6) is 5.75 Å². The van der Waals surface area contributed by atoms with Crippen molar-refractivity contribution in [1.29, 1.82) is 5.26 Å². The molecule has 0 radical (unpaired) electrons. The predicted octanol–water partition coefficient (Wildman–Crippen LogP) is 7.39. The van der Waals surface area contributed by atoms with Gasteiger partial charge in [-0.05, 0) is 64.4 Å². The molecule has 0 heterocycles. The van der Waals surface area contributed by atoms with Gasteiger partial charge in [-0.2, -0.15) is 5.26 Å². The Morgan fingerprint density at radius 3 is 2.11 bits per heavy atom. The zero-order chi connectivity index (χ0) is 27.1. The fourth-order valence-corrected chi connectivity index (χ4v) is 10.0. The van der Waals surface area contributed by atoms with Crippen LogP contribution in [0.2, 0.25) is 11.1 Å². The number of ether oxygens (including phenoxy) is 1. The molecule has 0 unspecified atom stereocenters. The van der Waals surface area contributed by atoms with Crippen LogP contribution in [-0.4, -0.2) is 20.9 Å². The molecule has 36 heavy (non-hydrogen) atoms. The van der Waals surface area contributed by atoms with Crippen molar-refractivity contribution in [3.05, 3.63) is 65.7 Å². The zero-order valence-electron chi connectivity index (χ0n) is 23.5. The maximum Gasteiger partial charge on any atom is 0.330 e. The third-order valence-corrected chi connectivity index (χ3v) is 12.6. The number of carbonyl (C=O) groups excluding carboxylic acids is 1. The van der Waals surface area contributed by atoms with Crippen LogP contribution in [0, 0.1) is 23.2 Å². The van der Waals surface area contributed by atoms with E-state index in [1.54, 1.807) is 13.0 Å². The number of nitriles is 1.